The predicted molar refractivity (Wildman–Crippen MR) is 77.0 cm³/mol. The van der Waals surface area contributed by atoms with E-state index in [9.17, 15) is 0 Å². The molecule has 2 unspecified atom stereocenters. The number of hydrogen-bond donors (Lipinski definition) is 1. The van der Waals surface area contributed by atoms with Gasteiger partial charge in [-0.25, -0.2) is 0 Å². The fourth-order valence-electron chi connectivity index (χ4n) is 1.68. The van der Waals surface area contributed by atoms with E-state index in [1.807, 2.05) is 11.8 Å². The van der Waals surface area contributed by atoms with Crippen LogP contribution >= 0.6 is 27.7 Å². The standard InChI is InChI=1S/C13H20BrNS/c1-3-5-12(15)13(4-2)16-11-8-6-10(14)7-9-11/h6-9,12-13H,3-5,15H2,1-2H3. The molecular weight excluding hydrogens is 282 g/mol. The van der Waals surface area contributed by atoms with Crippen LogP contribution in [0.25, 0.3) is 0 Å². The summed E-state index contributed by atoms with van der Waals surface area (Å²) in [5.41, 5.74) is 6.19. The molecule has 3 heteroatoms. The van der Waals surface area contributed by atoms with Gasteiger partial charge in [0.2, 0.25) is 0 Å². The van der Waals surface area contributed by atoms with Gasteiger partial charge in [0, 0.05) is 20.7 Å². The third kappa shape index (κ3) is 4.48. The normalized spacial score (nSPS) is 14.8. The summed E-state index contributed by atoms with van der Waals surface area (Å²) in [5, 5.41) is 0.529. The molecule has 1 aromatic carbocycles. The topological polar surface area (TPSA) is 26.0 Å². The number of rotatable bonds is 6. The van der Waals surface area contributed by atoms with Crippen molar-refractivity contribution in [1.82, 2.24) is 0 Å². The first-order valence-corrected chi connectivity index (χ1v) is 7.52. The summed E-state index contributed by atoms with van der Waals surface area (Å²) in [6, 6.07) is 8.77. The van der Waals surface area contributed by atoms with Gasteiger partial charge in [0.1, 0.15) is 0 Å². The maximum absolute atomic E-state index is 6.19. The van der Waals surface area contributed by atoms with E-state index in [-0.39, 0.29) is 0 Å². The first-order chi connectivity index (χ1) is 7.67. The molecule has 0 aliphatic rings. The fourth-order valence-corrected chi connectivity index (χ4v) is 3.07. The van der Waals surface area contributed by atoms with Crippen molar-refractivity contribution in [2.75, 3.05) is 0 Å². The zero-order valence-corrected chi connectivity index (χ0v) is 12.4. The molecule has 0 fully saturated rings. The molecule has 1 nitrogen and oxygen atoms in total. The lowest BCUT2D eigenvalue weighted by Gasteiger charge is -2.21. The van der Waals surface area contributed by atoms with E-state index in [4.69, 9.17) is 5.73 Å². The van der Waals surface area contributed by atoms with E-state index in [0.717, 1.165) is 17.3 Å². The molecule has 0 spiro atoms. The van der Waals surface area contributed by atoms with Crippen LogP contribution in [0, 0.1) is 0 Å². The minimum atomic E-state index is 0.309. The average molecular weight is 302 g/mol. The maximum Gasteiger partial charge on any atom is 0.0243 e. The molecule has 0 heterocycles. The Morgan fingerprint density at radius 1 is 1.25 bits per heavy atom. The summed E-state index contributed by atoms with van der Waals surface area (Å²) in [6.07, 6.45) is 3.41. The predicted octanol–water partition coefficient (Wildman–Crippen LogP) is 4.45. The van der Waals surface area contributed by atoms with Crippen molar-refractivity contribution in [2.24, 2.45) is 5.73 Å². The molecule has 90 valence electrons. The summed E-state index contributed by atoms with van der Waals surface area (Å²) in [7, 11) is 0. The van der Waals surface area contributed by atoms with Gasteiger partial charge in [-0.2, -0.15) is 0 Å². The zero-order chi connectivity index (χ0) is 12.0. The second-order valence-corrected chi connectivity index (χ2v) is 6.20. The van der Waals surface area contributed by atoms with Crippen LogP contribution in [0.15, 0.2) is 33.6 Å². The van der Waals surface area contributed by atoms with E-state index < -0.39 is 0 Å². The lowest BCUT2D eigenvalue weighted by molar-refractivity contribution is 0.567. The second-order valence-electron chi connectivity index (χ2n) is 3.97. The van der Waals surface area contributed by atoms with Crippen molar-refractivity contribution in [3.63, 3.8) is 0 Å². The minimum Gasteiger partial charge on any atom is -0.327 e. The molecule has 0 aliphatic heterocycles. The molecule has 1 rings (SSSR count). The van der Waals surface area contributed by atoms with E-state index >= 15 is 0 Å². The molecule has 0 saturated carbocycles. The second kappa shape index (κ2) is 7.36. The molecule has 2 atom stereocenters. The largest absolute Gasteiger partial charge is 0.327 e. The molecule has 0 aromatic heterocycles. The first kappa shape index (κ1) is 14.1. The van der Waals surface area contributed by atoms with Crippen LogP contribution in [0.4, 0.5) is 0 Å². The van der Waals surface area contributed by atoms with Gasteiger partial charge in [-0.15, -0.1) is 11.8 Å². The molecule has 0 bridgehead atoms. The van der Waals surface area contributed by atoms with Crippen LogP contribution in [-0.2, 0) is 0 Å². The molecule has 0 amide bonds. The highest BCUT2D eigenvalue weighted by molar-refractivity contribution is 9.10. The zero-order valence-electron chi connectivity index (χ0n) is 9.95. The van der Waals surface area contributed by atoms with E-state index in [1.54, 1.807) is 0 Å². The van der Waals surface area contributed by atoms with Crippen molar-refractivity contribution < 1.29 is 0 Å². The summed E-state index contributed by atoms with van der Waals surface area (Å²) in [4.78, 5) is 1.31. The molecule has 0 aliphatic carbocycles. The van der Waals surface area contributed by atoms with Gasteiger partial charge in [-0.3, -0.25) is 0 Å². The Morgan fingerprint density at radius 2 is 1.88 bits per heavy atom. The first-order valence-electron chi connectivity index (χ1n) is 5.85. The monoisotopic (exact) mass is 301 g/mol. The van der Waals surface area contributed by atoms with Gasteiger partial charge < -0.3 is 5.73 Å². The van der Waals surface area contributed by atoms with Crippen molar-refractivity contribution in [1.29, 1.82) is 0 Å². The van der Waals surface area contributed by atoms with Crippen molar-refractivity contribution in [3.05, 3.63) is 28.7 Å². The minimum absolute atomic E-state index is 0.309. The van der Waals surface area contributed by atoms with Crippen LogP contribution in [-0.4, -0.2) is 11.3 Å². The van der Waals surface area contributed by atoms with Crippen LogP contribution in [0.1, 0.15) is 33.1 Å². The third-order valence-electron chi connectivity index (χ3n) is 2.60. The molecule has 0 saturated heterocycles. The molecule has 16 heavy (non-hydrogen) atoms. The van der Waals surface area contributed by atoms with Gasteiger partial charge in [-0.05, 0) is 37.1 Å². The Balaban J connectivity index is 2.59. The quantitative estimate of drug-likeness (QED) is 0.786. The summed E-state index contributed by atoms with van der Waals surface area (Å²) < 4.78 is 1.13. The van der Waals surface area contributed by atoms with Crippen molar-refractivity contribution in [2.45, 2.75) is 49.3 Å². The summed E-state index contributed by atoms with van der Waals surface area (Å²) >= 11 is 5.35. The SMILES string of the molecule is CCCC(N)C(CC)Sc1ccc(Br)cc1. The number of benzene rings is 1. The van der Waals surface area contributed by atoms with Crippen LogP contribution in [0.3, 0.4) is 0 Å². The Hall–Kier alpha value is 0.01000. The highest BCUT2D eigenvalue weighted by Crippen LogP contribution is 2.29. The van der Waals surface area contributed by atoms with Gasteiger partial charge in [0.05, 0.1) is 0 Å². The lowest BCUT2D eigenvalue weighted by Crippen LogP contribution is -2.31. The van der Waals surface area contributed by atoms with Crippen molar-refractivity contribution >= 4 is 27.7 Å². The Labute approximate surface area is 111 Å². The summed E-state index contributed by atoms with van der Waals surface area (Å²) in [5.74, 6) is 0. The number of hydrogen-bond acceptors (Lipinski definition) is 2. The number of thioether (sulfide) groups is 1. The van der Waals surface area contributed by atoms with E-state index in [0.29, 0.717) is 11.3 Å². The lowest BCUT2D eigenvalue weighted by atomic mass is 10.1. The molecule has 1 aromatic rings. The van der Waals surface area contributed by atoms with Crippen molar-refractivity contribution in [3.8, 4) is 0 Å². The fraction of sp³-hybridized carbons (Fsp3) is 0.538. The maximum atomic E-state index is 6.19. The van der Waals surface area contributed by atoms with Gasteiger partial charge in [0.25, 0.3) is 0 Å². The summed E-state index contributed by atoms with van der Waals surface area (Å²) in [6.45, 7) is 4.41. The van der Waals surface area contributed by atoms with Crippen LogP contribution in [0.2, 0.25) is 0 Å². The highest BCUT2D eigenvalue weighted by atomic mass is 79.9. The molecular formula is C13H20BrNS. The van der Waals surface area contributed by atoms with Gasteiger partial charge in [0.15, 0.2) is 0 Å². The van der Waals surface area contributed by atoms with Crippen LogP contribution < -0.4 is 5.73 Å². The van der Waals surface area contributed by atoms with E-state index in [2.05, 4.69) is 54.0 Å². The van der Waals surface area contributed by atoms with Crippen LogP contribution in [0.5, 0.6) is 0 Å². The Morgan fingerprint density at radius 3 is 2.38 bits per heavy atom. The van der Waals surface area contributed by atoms with Gasteiger partial charge >= 0.3 is 0 Å². The average Bonchev–Trinajstić information content (AvgIpc) is 2.28. The Bertz CT molecular complexity index is 299. The molecule has 2 N–H and O–H groups in total. The molecule has 0 radical (unpaired) electrons. The Kier molecular flexibility index (Phi) is 6.47. The number of halogens is 1. The van der Waals surface area contributed by atoms with Gasteiger partial charge in [-0.1, -0.05) is 36.2 Å². The number of nitrogens with two attached hydrogens (primary N) is 1. The van der Waals surface area contributed by atoms with E-state index in [1.165, 1.54) is 11.3 Å². The highest BCUT2D eigenvalue weighted by Gasteiger charge is 2.16. The third-order valence-corrected chi connectivity index (χ3v) is 4.66. The smallest absolute Gasteiger partial charge is 0.0243 e.